The van der Waals surface area contributed by atoms with Crippen molar-refractivity contribution in [3.63, 3.8) is 0 Å². The van der Waals surface area contributed by atoms with E-state index in [4.69, 9.17) is 4.99 Å². The molecule has 0 aromatic heterocycles. The second kappa shape index (κ2) is 3.34. The minimum absolute atomic E-state index is 0.998. The zero-order valence-corrected chi connectivity index (χ0v) is 10.3. The smallest absolute Gasteiger partial charge is 0.109 e. The Morgan fingerprint density at radius 1 is 1.33 bits per heavy atom. The summed E-state index contributed by atoms with van der Waals surface area (Å²) in [6.45, 7) is 4.50. The predicted molar refractivity (Wildman–Crippen MR) is 65.9 cm³/mol. The van der Waals surface area contributed by atoms with Crippen LogP contribution >= 0.6 is 15.9 Å². The molecule has 3 rings (SSSR count). The highest BCUT2D eigenvalue weighted by Crippen LogP contribution is 2.36. The molecule has 0 bridgehead atoms. The Morgan fingerprint density at radius 2 is 2.13 bits per heavy atom. The summed E-state index contributed by atoms with van der Waals surface area (Å²) in [5.74, 6) is 1.26. The number of benzene rings is 1. The van der Waals surface area contributed by atoms with Gasteiger partial charge in [0.25, 0.3) is 0 Å². The molecule has 0 saturated carbocycles. The fourth-order valence-corrected chi connectivity index (χ4v) is 2.60. The molecular weight excluding hydrogens is 252 g/mol. The maximum absolute atomic E-state index is 4.75. The quantitative estimate of drug-likeness (QED) is 0.704. The Kier molecular flexibility index (Phi) is 2.09. The first-order valence-corrected chi connectivity index (χ1v) is 6.15. The second-order valence-corrected chi connectivity index (χ2v) is 5.09. The van der Waals surface area contributed by atoms with Crippen LogP contribution in [0, 0.1) is 6.92 Å². The standard InChI is InChI=1S/C12H13BrN2/c1-8-3-4-10(13)9-7-11(14-12(8)9)15-5-2-6-15/h3-4H,2,5-7H2,1H3. The number of likely N-dealkylation sites (tertiary alicyclic amines) is 1. The van der Waals surface area contributed by atoms with E-state index >= 15 is 0 Å². The van der Waals surface area contributed by atoms with Crippen molar-refractivity contribution in [3.8, 4) is 0 Å². The lowest BCUT2D eigenvalue weighted by atomic mass is 10.1. The molecule has 2 heterocycles. The summed E-state index contributed by atoms with van der Waals surface area (Å²) >= 11 is 3.61. The largest absolute Gasteiger partial charge is 0.360 e. The summed E-state index contributed by atoms with van der Waals surface area (Å²) in [5.41, 5.74) is 3.83. The topological polar surface area (TPSA) is 15.6 Å². The molecule has 1 aromatic carbocycles. The zero-order chi connectivity index (χ0) is 10.4. The molecule has 0 spiro atoms. The molecule has 2 aliphatic rings. The molecule has 0 N–H and O–H groups in total. The Bertz CT molecular complexity index is 447. The second-order valence-electron chi connectivity index (χ2n) is 4.24. The van der Waals surface area contributed by atoms with Crippen molar-refractivity contribution in [2.45, 2.75) is 19.8 Å². The highest BCUT2D eigenvalue weighted by Gasteiger charge is 2.25. The van der Waals surface area contributed by atoms with Crippen LogP contribution in [-0.4, -0.2) is 23.8 Å². The monoisotopic (exact) mass is 264 g/mol. The van der Waals surface area contributed by atoms with Gasteiger partial charge in [0, 0.05) is 24.0 Å². The maximum Gasteiger partial charge on any atom is 0.109 e. The van der Waals surface area contributed by atoms with E-state index in [1.54, 1.807) is 0 Å². The van der Waals surface area contributed by atoms with Crippen molar-refractivity contribution in [1.29, 1.82) is 0 Å². The molecule has 1 fully saturated rings. The molecular formula is C12H13BrN2. The first kappa shape index (κ1) is 9.40. The van der Waals surface area contributed by atoms with Crippen LogP contribution in [0.5, 0.6) is 0 Å². The molecule has 0 amide bonds. The van der Waals surface area contributed by atoms with E-state index in [9.17, 15) is 0 Å². The van der Waals surface area contributed by atoms with Crippen LogP contribution in [0.3, 0.4) is 0 Å². The number of aliphatic imine (C=N–C) groups is 1. The van der Waals surface area contributed by atoms with Crippen LogP contribution in [0.15, 0.2) is 21.6 Å². The number of aryl methyl sites for hydroxylation is 1. The van der Waals surface area contributed by atoms with Crippen molar-refractivity contribution in [2.75, 3.05) is 13.1 Å². The van der Waals surface area contributed by atoms with Gasteiger partial charge in [0.05, 0.1) is 5.69 Å². The summed E-state index contributed by atoms with van der Waals surface area (Å²) < 4.78 is 1.20. The van der Waals surface area contributed by atoms with Gasteiger partial charge in [0.15, 0.2) is 0 Å². The normalized spacial score (nSPS) is 18.5. The fourth-order valence-electron chi connectivity index (χ4n) is 2.14. The lowest BCUT2D eigenvalue weighted by molar-refractivity contribution is 0.296. The van der Waals surface area contributed by atoms with E-state index in [1.807, 2.05) is 0 Å². The molecule has 1 aromatic rings. The number of amidine groups is 1. The summed E-state index contributed by atoms with van der Waals surface area (Å²) in [6, 6.07) is 4.26. The molecule has 0 unspecified atom stereocenters. The van der Waals surface area contributed by atoms with Crippen LogP contribution in [-0.2, 0) is 6.42 Å². The van der Waals surface area contributed by atoms with Crippen molar-refractivity contribution in [3.05, 3.63) is 27.7 Å². The molecule has 0 aliphatic carbocycles. The van der Waals surface area contributed by atoms with Crippen LogP contribution in [0.4, 0.5) is 5.69 Å². The van der Waals surface area contributed by atoms with E-state index in [2.05, 4.69) is 39.9 Å². The molecule has 15 heavy (non-hydrogen) atoms. The van der Waals surface area contributed by atoms with Crippen LogP contribution in [0.2, 0.25) is 0 Å². The molecule has 2 nitrogen and oxygen atoms in total. The predicted octanol–water partition coefficient (Wildman–Crippen LogP) is 3.05. The van der Waals surface area contributed by atoms with E-state index in [0.717, 1.165) is 6.42 Å². The third-order valence-corrected chi connectivity index (χ3v) is 3.97. The third-order valence-electron chi connectivity index (χ3n) is 3.22. The minimum Gasteiger partial charge on any atom is -0.360 e. The maximum atomic E-state index is 4.75. The summed E-state index contributed by atoms with van der Waals surface area (Å²) in [4.78, 5) is 7.13. The number of halogens is 1. The van der Waals surface area contributed by atoms with Gasteiger partial charge in [0.1, 0.15) is 5.84 Å². The summed E-state index contributed by atoms with van der Waals surface area (Å²) in [5, 5.41) is 0. The van der Waals surface area contributed by atoms with Gasteiger partial charge in [-0.3, -0.25) is 0 Å². The number of nitrogens with zero attached hydrogens (tertiary/aromatic N) is 2. The van der Waals surface area contributed by atoms with Crippen molar-refractivity contribution < 1.29 is 0 Å². The van der Waals surface area contributed by atoms with Crippen LogP contribution in [0.25, 0.3) is 0 Å². The van der Waals surface area contributed by atoms with Gasteiger partial charge in [-0.15, -0.1) is 0 Å². The highest BCUT2D eigenvalue weighted by atomic mass is 79.9. The van der Waals surface area contributed by atoms with E-state index < -0.39 is 0 Å². The molecule has 3 heteroatoms. The van der Waals surface area contributed by atoms with E-state index in [1.165, 1.54) is 46.6 Å². The van der Waals surface area contributed by atoms with Gasteiger partial charge in [0.2, 0.25) is 0 Å². The van der Waals surface area contributed by atoms with Gasteiger partial charge >= 0.3 is 0 Å². The van der Waals surface area contributed by atoms with Gasteiger partial charge in [-0.1, -0.05) is 22.0 Å². The zero-order valence-electron chi connectivity index (χ0n) is 8.76. The van der Waals surface area contributed by atoms with Gasteiger partial charge in [-0.2, -0.15) is 0 Å². The first-order chi connectivity index (χ1) is 7.25. The minimum atomic E-state index is 0.998. The number of rotatable bonds is 0. The lowest BCUT2D eigenvalue weighted by Crippen LogP contribution is -2.42. The summed E-state index contributed by atoms with van der Waals surface area (Å²) in [6.07, 6.45) is 2.31. The Balaban J connectivity index is 2.00. The Hall–Kier alpha value is -0.830. The van der Waals surface area contributed by atoms with Crippen molar-refractivity contribution in [2.24, 2.45) is 4.99 Å². The van der Waals surface area contributed by atoms with Crippen LogP contribution < -0.4 is 0 Å². The SMILES string of the molecule is Cc1ccc(Br)c2c1N=C(N1CCC1)C2. The Morgan fingerprint density at radius 3 is 2.73 bits per heavy atom. The first-order valence-electron chi connectivity index (χ1n) is 5.36. The van der Waals surface area contributed by atoms with Gasteiger partial charge < -0.3 is 4.90 Å². The average Bonchev–Trinajstić information content (AvgIpc) is 2.54. The number of fused-ring (bicyclic) bond motifs is 1. The van der Waals surface area contributed by atoms with E-state index in [0.29, 0.717) is 0 Å². The van der Waals surface area contributed by atoms with Gasteiger partial charge in [-0.25, -0.2) is 4.99 Å². The summed E-state index contributed by atoms with van der Waals surface area (Å²) in [7, 11) is 0. The lowest BCUT2D eigenvalue weighted by Gasteiger charge is -2.32. The number of hydrogen-bond acceptors (Lipinski definition) is 2. The van der Waals surface area contributed by atoms with Crippen molar-refractivity contribution >= 4 is 27.5 Å². The van der Waals surface area contributed by atoms with Gasteiger partial charge in [-0.05, 0) is 30.5 Å². The fraction of sp³-hybridized carbons (Fsp3) is 0.417. The molecule has 2 aliphatic heterocycles. The van der Waals surface area contributed by atoms with E-state index in [-0.39, 0.29) is 0 Å². The molecule has 0 atom stereocenters. The Labute approximate surface area is 98.1 Å². The third kappa shape index (κ3) is 1.41. The number of hydrogen-bond donors (Lipinski definition) is 0. The highest BCUT2D eigenvalue weighted by molar-refractivity contribution is 9.10. The van der Waals surface area contributed by atoms with Crippen LogP contribution in [0.1, 0.15) is 17.5 Å². The molecule has 1 saturated heterocycles. The average molecular weight is 265 g/mol. The molecule has 78 valence electrons. The van der Waals surface area contributed by atoms with Crippen molar-refractivity contribution in [1.82, 2.24) is 4.90 Å². The molecule has 0 radical (unpaired) electrons.